The third-order valence-corrected chi connectivity index (χ3v) is 4.24. The average Bonchev–Trinajstić information content (AvgIpc) is 2.35. The molecule has 1 aromatic rings. The normalized spacial score (nSPS) is 12.1. The molecule has 0 saturated heterocycles. The molecule has 1 heterocycles. The van der Waals surface area contributed by atoms with Crippen molar-refractivity contribution in [3.63, 3.8) is 0 Å². The topological polar surface area (TPSA) is 76.6 Å². The highest BCUT2D eigenvalue weighted by Gasteiger charge is 2.30. The van der Waals surface area contributed by atoms with Crippen LogP contribution in [-0.4, -0.2) is 45.5 Å². The molecule has 0 spiro atoms. The van der Waals surface area contributed by atoms with Crippen LogP contribution in [0.1, 0.15) is 0 Å². The summed E-state index contributed by atoms with van der Waals surface area (Å²) in [7, 11) is 0.189. The number of halogens is 1. The summed E-state index contributed by atoms with van der Waals surface area (Å²) < 4.78 is 29.2. The molecule has 1 rings (SSSR count). The van der Waals surface area contributed by atoms with Crippen LogP contribution in [0.4, 0.5) is 0 Å². The van der Waals surface area contributed by atoms with E-state index >= 15 is 0 Å². The fraction of sp³-hybridized carbons (Fsp3) is 0.273. The van der Waals surface area contributed by atoms with Crippen LogP contribution in [0.3, 0.4) is 0 Å². The van der Waals surface area contributed by atoms with Crippen LogP contribution < -0.4 is 0 Å². The molecule has 0 amide bonds. The maximum Gasteiger partial charge on any atom is 0.351 e. The fourth-order valence-corrected chi connectivity index (χ4v) is 3.10. The van der Waals surface area contributed by atoms with E-state index in [1.165, 1.54) is 23.2 Å². The monoisotopic (exact) mass is 304 g/mol. The molecule has 0 aliphatic heterocycles. The second-order valence-electron chi connectivity index (χ2n) is 3.74. The number of ether oxygens (including phenoxy) is 1. The first-order valence-electron chi connectivity index (χ1n) is 5.13. The molecule has 1 aromatic heterocycles. The maximum atomic E-state index is 12.4. The van der Waals surface area contributed by atoms with Gasteiger partial charge in [-0.2, -0.15) is 0 Å². The molecular weight excluding hydrogens is 292 g/mol. The van der Waals surface area contributed by atoms with Crippen LogP contribution in [0.2, 0.25) is 5.15 Å². The van der Waals surface area contributed by atoms with Crippen LogP contribution in [0.15, 0.2) is 34.3 Å². The summed E-state index contributed by atoms with van der Waals surface area (Å²) in [5.74, 6) is -0.964. The Morgan fingerprint density at radius 2 is 2.11 bits per heavy atom. The third kappa shape index (κ3) is 3.45. The predicted molar refractivity (Wildman–Crippen MR) is 70.2 cm³/mol. The minimum atomic E-state index is -4.09. The van der Waals surface area contributed by atoms with E-state index in [-0.39, 0.29) is 10.0 Å². The largest absolute Gasteiger partial charge is 0.465 e. The Balaban J connectivity index is 3.46. The molecule has 0 unspecified atom stereocenters. The Labute approximate surface area is 116 Å². The Bertz CT molecular complexity index is 611. The van der Waals surface area contributed by atoms with Gasteiger partial charge in [0.25, 0.3) is 0 Å². The minimum Gasteiger partial charge on any atom is -0.465 e. The molecule has 0 N–H and O–H groups in total. The van der Waals surface area contributed by atoms with Gasteiger partial charge in [0.2, 0.25) is 9.84 Å². The Kier molecular flexibility index (Phi) is 4.90. The summed E-state index contributed by atoms with van der Waals surface area (Å²) in [4.78, 5) is 16.0. The van der Waals surface area contributed by atoms with Gasteiger partial charge in [0.1, 0.15) is 10.0 Å². The molecule has 0 aromatic carbocycles. The van der Waals surface area contributed by atoms with Gasteiger partial charge in [0.05, 0.1) is 7.11 Å². The molecule has 0 bridgehead atoms. The van der Waals surface area contributed by atoms with Crippen LogP contribution in [0.25, 0.3) is 0 Å². The lowest BCUT2D eigenvalue weighted by atomic mass is 10.5. The molecule has 0 fully saturated rings. The van der Waals surface area contributed by atoms with Crippen molar-refractivity contribution in [2.24, 2.45) is 0 Å². The van der Waals surface area contributed by atoms with E-state index in [4.69, 9.17) is 11.6 Å². The molecule has 6 nitrogen and oxygen atoms in total. The second-order valence-corrected chi connectivity index (χ2v) is 5.99. The number of methoxy groups -OCH3 is 1. The zero-order chi connectivity index (χ0) is 14.6. The Hall–Kier alpha value is -1.60. The van der Waals surface area contributed by atoms with E-state index in [1.807, 2.05) is 0 Å². The number of aromatic nitrogens is 1. The molecule has 0 radical (unpaired) electrons. The zero-order valence-electron chi connectivity index (χ0n) is 10.6. The standard InChI is InChI=1S/C11H13ClN2O4S/c1-14(2)7-9(11(15)18-3)19(16,17)8-5-4-6-13-10(8)12/h4-7H,1-3H3. The number of sulfone groups is 1. The molecule has 0 atom stereocenters. The fourth-order valence-electron chi connectivity index (χ4n) is 1.26. The molecule has 0 aliphatic carbocycles. The maximum absolute atomic E-state index is 12.4. The minimum absolute atomic E-state index is 0.198. The van der Waals surface area contributed by atoms with Crippen LogP contribution in [0.5, 0.6) is 0 Å². The van der Waals surface area contributed by atoms with Gasteiger partial charge in [-0.3, -0.25) is 0 Å². The van der Waals surface area contributed by atoms with Gasteiger partial charge < -0.3 is 9.64 Å². The summed E-state index contributed by atoms with van der Waals surface area (Å²) in [5, 5.41) is -0.198. The number of pyridine rings is 1. The smallest absolute Gasteiger partial charge is 0.351 e. The van der Waals surface area contributed by atoms with Crippen molar-refractivity contribution in [2.75, 3.05) is 21.2 Å². The SMILES string of the molecule is COC(=O)C(=CN(C)C)S(=O)(=O)c1cccnc1Cl. The number of carbonyl (C=O) groups excluding carboxylic acids is 1. The number of esters is 1. The quantitative estimate of drug-likeness (QED) is 0.471. The van der Waals surface area contributed by atoms with Gasteiger partial charge >= 0.3 is 5.97 Å². The van der Waals surface area contributed by atoms with Gasteiger partial charge in [-0.05, 0) is 12.1 Å². The van der Waals surface area contributed by atoms with Crippen molar-refractivity contribution in [3.8, 4) is 0 Å². The lowest BCUT2D eigenvalue weighted by molar-refractivity contribution is -0.135. The average molecular weight is 305 g/mol. The third-order valence-electron chi connectivity index (χ3n) is 2.07. The lowest BCUT2D eigenvalue weighted by Crippen LogP contribution is -2.19. The van der Waals surface area contributed by atoms with Crippen molar-refractivity contribution in [2.45, 2.75) is 4.90 Å². The van der Waals surface area contributed by atoms with Gasteiger partial charge in [-0.25, -0.2) is 18.2 Å². The number of hydrogen-bond donors (Lipinski definition) is 0. The van der Waals surface area contributed by atoms with Gasteiger partial charge in [0, 0.05) is 26.5 Å². The number of rotatable bonds is 4. The first kappa shape index (κ1) is 15.5. The molecule has 8 heteroatoms. The molecule has 104 valence electrons. The Morgan fingerprint density at radius 1 is 1.47 bits per heavy atom. The highest BCUT2D eigenvalue weighted by molar-refractivity contribution is 7.96. The van der Waals surface area contributed by atoms with Crippen molar-refractivity contribution in [3.05, 3.63) is 34.6 Å². The van der Waals surface area contributed by atoms with E-state index in [1.54, 1.807) is 14.1 Å². The van der Waals surface area contributed by atoms with Crippen molar-refractivity contribution >= 4 is 27.4 Å². The number of nitrogens with zero attached hydrogens (tertiary/aromatic N) is 2. The van der Waals surface area contributed by atoms with Crippen LogP contribution in [-0.2, 0) is 19.4 Å². The first-order valence-corrected chi connectivity index (χ1v) is 6.99. The van der Waals surface area contributed by atoms with Crippen LogP contribution in [0, 0.1) is 0 Å². The summed E-state index contributed by atoms with van der Waals surface area (Å²) in [6.07, 6.45) is 2.51. The Morgan fingerprint density at radius 3 is 2.58 bits per heavy atom. The first-order chi connectivity index (χ1) is 8.80. The van der Waals surface area contributed by atoms with E-state index in [0.29, 0.717) is 0 Å². The van der Waals surface area contributed by atoms with Crippen molar-refractivity contribution < 1.29 is 17.9 Å². The van der Waals surface area contributed by atoms with Crippen molar-refractivity contribution in [1.82, 2.24) is 9.88 Å². The number of carbonyl (C=O) groups is 1. The molecule has 0 aliphatic rings. The second kappa shape index (κ2) is 6.03. The molecular formula is C11H13ClN2O4S. The summed E-state index contributed by atoms with van der Waals surface area (Å²) in [6.45, 7) is 0. The lowest BCUT2D eigenvalue weighted by Gasteiger charge is -2.11. The summed E-state index contributed by atoms with van der Waals surface area (Å²) in [6, 6.07) is 2.69. The van der Waals surface area contributed by atoms with E-state index in [9.17, 15) is 13.2 Å². The highest BCUT2D eigenvalue weighted by Crippen LogP contribution is 2.25. The highest BCUT2D eigenvalue weighted by atomic mass is 35.5. The predicted octanol–water partition coefficient (Wildman–Crippen LogP) is 1.08. The summed E-state index contributed by atoms with van der Waals surface area (Å²) >= 11 is 5.75. The zero-order valence-corrected chi connectivity index (χ0v) is 12.2. The molecule has 0 saturated carbocycles. The van der Waals surface area contributed by atoms with Gasteiger partial charge in [-0.15, -0.1) is 0 Å². The molecule has 19 heavy (non-hydrogen) atoms. The summed E-state index contributed by atoms with van der Waals surface area (Å²) in [5.41, 5.74) is 0. The van der Waals surface area contributed by atoms with Gasteiger partial charge in [0.15, 0.2) is 4.91 Å². The number of hydrogen-bond acceptors (Lipinski definition) is 6. The van der Waals surface area contributed by atoms with Gasteiger partial charge in [-0.1, -0.05) is 11.6 Å². The van der Waals surface area contributed by atoms with E-state index < -0.39 is 20.7 Å². The van der Waals surface area contributed by atoms with E-state index in [2.05, 4.69) is 9.72 Å². The van der Waals surface area contributed by atoms with E-state index in [0.717, 1.165) is 13.3 Å². The van der Waals surface area contributed by atoms with Crippen molar-refractivity contribution in [1.29, 1.82) is 0 Å². The van der Waals surface area contributed by atoms with Crippen LogP contribution >= 0.6 is 11.6 Å².